The van der Waals surface area contributed by atoms with E-state index in [4.69, 9.17) is 4.74 Å². The van der Waals surface area contributed by atoms with Gasteiger partial charge in [0.1, 0.15) is 11.6 Å². The molecule has 6 nitrogen and oxygen atoms in total. The zero-order chi connectivity index (χ0) is 18.5. The number of aromatic hydroxyl groups is 1. The molecule has 0 radical (unpaired) electrons. The molecule has 0 atom stereocenters. The lowest BCUT2D eigenvalue weighted by atomic mass is 10.1. The summed E-state index contributed by atoms with van der Waals surface area (Å²) in [5.74, 6) is 1.35. The van der Waals surface area contributed by atoms with Gasteiger partial charge in [-0.05, 0) is 37.1 Å². The van der Waals surface area contributed by atoms with Crippen LogP contribution in [0.25, 0.3) is 5.70 Å². The Kier molecular flexibility index (Phi) is 5.53. The van der Waals surface area contributed by atoms with Gasteiger partial charge in [0.05, 0.1) is 24.5 Å². The molecule has 26 heavy (non-hydrogen) atoms. The molecule has 1 saturated heterocycles. The average Bonchev–Trinajstić information content (AvgIpc) is 2.66. The lowest BCUT2D eigenvalue weighted by Crippen LogP contribution is -2.37. The van der Waals surface area contributed by atoms with Crippen LogP contribution in [-0.2, 0) is 4.74 Å². The Bertz CT molecular complexity index is 811. The second-order valence-corrected chi connectivity index (χ2v) is 6.21. The Morgan fingerprint density at radius 3 is 2.73 bits per heavy atom. The maximum Gasteiger partial charge on any atom is 0.224 e. The van der Waals surface area contributed by atoms with Crippen molar-refractivity contribution in [1.82, 2.24) is 4.98 Å². The summed E-state index contributed by atoms with van der Waals surface area (Å²) >= 11 is 0. The van der Waals surface area contributed by atoms with Crippen LogP contribution in [0.15, 0.2) is 54.2 Å². The first-order chi connectivity index (χ1) is 12.6. The molecule has 136 valence electrons. The number of anilines is 1. The normalized spacial score (nSPS) is 15.8. The van der Waals surface area contributed by atoms with Gasteiger partial charge >= 0.3 is 0 Å². The zero-order valence-electron chi connectivity index (χ0n) is 14.8. The largest absolute Gasteiger partial charge is 0.508 e. The van der Waals surface area contributed by atoms with Crippen molar-refractivity contribution in [3.8, 4) is 5.75 Å². The summed E-state index contributed by atoms with van der Waals surface area (Å²) in [6, 6.07) is 10.5. The van der Waals surface area contributed by atoms with Gasteiger partial charge in [0, 0.05) is 24.8 Å². The number of aliphatic hydroxyl groups excluding tert-OH is 1. The highest BCUT2D eigenvalue weighted by molar-refractivity contribution is 6.01. The van der Waals surface area contributed by atoms with E-state index in [2.05, 4.69) is 21.5 Å². The number of aliphatic imine (C=N–C) groups is 1. The Balaban J connectivity index is 1.92. The molecular weight excluding hydrogens is 330 g/mol. The highest BCUT2D eigenvalue weighted by atomic mass is 16.5. The summed E-state index contributed by atoms with van der Waals surface area (Å²) in [4.78, 5) is 11.2. The predicted molar refractivity (Wildman–Crippen MR) is 102 cm³/mol. The number of pyridine rings is 1. The number of nitrogens with zero attached hydrogens (tertiary/aromatic N) is 3. The average molecular weight is 353 g/mol. The third-order valence-corrected chi connectivity index (χ3v) is 4.39. The molecule has 0 aliphatic carbocycles. The molecule has 1 aliphatic rings. The third-order valence-electron chi connectivity index (χ3n) is 4.39. The summed E-state index contributed by atoms with van der Waals surface area (Å²) in [6.07, 6.45) is 2.91. The van der Waals surface area contributed by atoms with Crippen LogP contribution in [0.2, 0.25) is 0 Å². The summed E-state index contributed by atoms with van der Waals surface area (Å²) in [7, 11) is 1.56. The van der Waals surface area contributed by atoms with Crippen molar-refractivity contribution in [2.24, 2.45) is 4.99 Å². The minimum atomic E-state index is -0.250. The van der Waals surface area contributed by atoms with Gasteiger partial charge in [-0.25, -0.2) is 9.98 Å². The van der Waals surface area contributed by atoms with Crippen molar-refractivity contribution >= 4 is 17.4 Å². The number of hydrogen-bond acceptors (Lipinski definition) is 6. The molecule has 0 bridgehead atoms. The van der Waals surface area contributed by atoms with Crippen LogP contribution in [0.3, 0.4) is 0 Å². The van der Waals surface area contributed by atoms with Crippen LogP contribution in [0.1, 0.15) is 24.0 Å². The molecule has 3 rings (SSSR count). The van der Waals surface area contributed by atoms with Crippen LogP contribution in [0, 0.1) is 0 Å². The number of aliphatic hydroxyl groups is 1. The summed E-state index contributed by atoms with van der Waals surface area (Å²) in [5.41, 5.74) is 1.97. The number of phenolic OH excluding ortho intramolecular Hbond substituents is 1. The number of phenols is 1. The van der Waals surface area contributed by atoms with E-state index in [1.807, 2.05) is 18.2 Å². The number of methoxy groups -OCH3 is 1. The molecule has 1 aliphatic heterocycles. The smallest absolute Gasteiger partial charge is 0.224 e. The zero-order valence-corrected chi connectivity index (χ0v) is 14.8. The fraction of sp³-hybridized carbons (Fsp3) is 0.300. The van der Waals surface area contributed by atoms with Gasteiger partial charge in [0.25, 0.3) is 0 Å². The van der Waals surface area contributed by atoms with E-state index in [0.717, 1.165) is 24.5 Å². The molecule has 0 spiro atoms. The molecule has 2 heterocycles. The second-order valence-electron chi connectivity index (χ2n) is 6.21. The molecule has 0 amide bonds. The SMILES string of the molecule is C=C(N=C(OC)c1cccnc1N1CCC(O)CC1)c1cccc(O)c1. The second kappa shape index (κ2) is 8.01. The van der Waals surface area contributed by atoms with Gasteiger partial charge < -0.3 is 19.8 Å². The Morgan fingerprint density at radius 1 is 1.27 bits per heavy atom. The van der Waals surface area contributed by atoms with Crippen molar-refractivity contribution in [3.05, 3.63) is 60.3 Å². The maximum atomic E-state index is 9.74. The number of piperidine rings is 1. The number of rotatable bonds is 4. The fourth-order valence-corrected chi connectivity index (χ4v) is 2.98. The van der Waals surface area contributed by atoms with Crippen molar-refractivity contribution in [2.75, 3.05) is 25.1 Å². The van der Waals surface area contributed by atoms with Gasteiger partial charge in [-0.15, -0.1) is 0 Å². The lowest BCUT2D eigenvalue weighted by Gasteiger charge is -2.31. The first-order valence-corrected chi connectivity index (χ1v) is 8.58. The lowest BCUT2D eigenvalue weighted by molar-refractivity contribution is 0.145. The molecule has 0 saturated carbocycles. The molecule has 1 fully saturated rings. The number of hydrogen-bond donors (Lipinski definition) is 2. The van der Waals surface area contributed by atoms with Gasteiger partial charge in [0.15, 0.2) is 0 Å². The summed E-state index contributed by atoms with van der Waals surface area (Å²) in [6.45, 7) is 5.45. The monoisotopic (exact) mass is 353 g/mol. The molecule has 1 aromatic carbocycles. The summed E-state index contributed by atoms with van der Waals surface area (Å²) < 4.78 is 5.52. The highest BCUT2D eigenvalue weighted by Crippen LogP contribution is 2.25. The van der Waals surface area contributed by atoms with E-state index >= 15 is 0 Å². The molecule has 2 N–H and O–H groups in total. The quantitative estimate of drug-likeness (QED) is 0.653. The highest BCUT2D eigenvalue weighted by Gasteiger charge is 2.22. The van der Waals surface area contributed by atoms with Gasteiger partial charge in [-0.3, -0.25) is 0 Å². The van der Waals surface area contributed by atoms with Crippen LogP contribution in [0.4, 0.5) is 5.82 Å². The van der Waals surface area contributed by atoms with E-state index in [1.165, 1.54) is 0 Å². The third kappa shape index (κ3) is 4.03. The van der Waals surface area contributed by atoms with Gasteiger partial charge in [0.2, 0.25) is 5.90 Å². The molecule has 0 unspecified atom stereocenters. The van der Waals surface area contributed by atoms with Crippen LogP contribution in [-0.4, -0.2) is 47.4 Å². The van der Waals surface area contributed by atoms with Crippen LogP contribution in [0.5, 0.6) is 5.75 Å². The first kappa shape index (κ1) is 17.9. The van der Waals surface area contributed by atoms with Crippen molar-refractivity contribution in [2.45, 2.75) is 18.9 Å². The first-order valence-electron chi connectivity index (χ1n) is 8.58. The topological polar surface area (TPSA) is 78.2 Å². The standard InChI is InChI=1S/C20H23N3O3/c1-14(15-5-3-6-17(25)13-15)22-20(26-2)18-7-4-10-21-19(18)23-11-8-16(24)9-12-23/h3-7,10,13,16,24-25H,1,8-9,11-12H2,2H3. The van der Waals surface area contributed by atoms with E-state index < -0.39 is 0 Å². The van der Waals surface area contributed by atoms with E-state index in [-0.39, 0.29) is 11.9 Å². The molecule has 6 heteroatoms. The molecule has 1 aromatic heterocycles. The van der Waals surface area contributed by atoms with Crippen LogP contribution >= 0.6 is 0 Å². The van der Waals surface area contributed by atoms with Crippen molar-refractivity contribution in [3.63, 3.8) is 0 Å². The van der Waals surface area contributed by atoms with E-state index in [9.17, 15) is 10.2 Å². The van der Waals surface area contributed by atoms with E-state index in [0.29, 0.717) is 30.0 Å². The van der Waals surface area contributed by atoms with Gasteiger partial charge in [-0.2, -0.15) is 0 Å². The Labute approximate surface area is 153 Å². The van der Waals surface area contributed by atoms with Crippen molar-refractivity contribution in [1.29, 1.82) is 0 Å². The minimum Gasteiger partial charge on any atom is -0.508 e. The molecular formula is C20H23N3O3. The maximum absolute atomic E-state index is 9.74. The van der Waals surface area contributed by atoms with Crippen LogP contribution < -0.4 is 4.90 Å². The Hall–Kier alpha value is -2.86. The fourth-order valence-electron chi connectivity index (χ4n) is 2.98. The van der Waals surface area contributed by atoms with Crippen molar-refractivity contribution < 1.29 is 14.9 Å². The minimum absolute atomic E-state index is 0.159. The summed E-state index contributed by atoms with van der Waals surface area (Å²) in [5, 5.41) is 19.4. The van der Waals surface area contributed by atoms with Gasteiger partial charge in [-0.1, -0.05) is 18.7 Å². The predicted octanol–water partition coefficient (Wildman–Crippen LogP) is 2.81. The Morgan fingerprint density at radius 2 is 2.04 bits per heavy atom. The van der Waals surface area contributed by atoms with E-state index in [1.54, 1.807) is 31.5 Å². The molecule has 2 aromatic rings. The number of ether oxygens (including phenoxy) is 1. The number of benzene rings is 1. The number of aromatic nitrogens is 1.